The van der Waals surface area contributed by atoms with Crippen LogP contribution in [0.15, 0.2) is 67.3 Å². The highest BCUT2D eigenvalue weighted by atomic mass is 19.2. The van der Waals surface area contributed by atoms with E-state index < -0.39 is 11.6 Å². The highest BCUT2D eigenvalue weighted by Crippen LogP contribution is 2.36. The number of allylic oxidation sites excluding steroid dienone is 1. The fraction of sp³-hybridized carbons (Fsp3) is 0.394. The number of hydrogen-bond donors (Lipinski definition) is 0. The molecule has 38 heavy (non-hydrogen) atoms. The average molecular weight is 523 g/mol. The molecule has 1 aliphatic rings. The lowest BCUT2D eigenvalue weighted by Crippen LogP contribution is -2.20. The molecule has 0 radical (unpaired) electrons. The van der Waals surface area contributed by atoms with Gasteiger partial charge in [0.25, 0.3) is 0 Å². The van der Waals surface area contributed by atoms with Gasteiger partial charge < -0.3 is 9.47 Å². The number of rotatable bonds is 12. The third-order valence-corrected chi connectivity index (χ3v) is 7.32. The summed E-state index contributed by atoms with van der Waals surface area (Å²) < 4.78 is 55.9. The van der Waals surface area contributed by atoms with Crippen molar-refractivity contribution in [3.63, 3.8) is 0 Å². The fourth-order valence-corrected chi connectivity index (χ4v) is 5.05. The predicted molar refractivity (Wildman–Crippen MR) is 148 cm³/mol. The monoisotopic (exact) mass is 522 g/mol. The van der Waals surface area contributed by atoms with Gasteiger partial charge in [0.05, 0.1) is 19.3 Å². The molecule has 1 aliphatic heterocycles. The summed E-state index contributed by atoms with van der Waals surface area (Å²) in [5.74, 6) is -1.80. The van der Waals surface area contributed by atoms with E-state index in [0.717, 1.165) is 31.4 Å². The molecule has 0 N–H and O–H groups in total. The zero-order valence-electron chi connectivity index (χ0n) is 22.2. The van der Waals surface area contributed by atoms with Gasteiger partial charge in [-0.1, -0.05) is 68.7 Å². The Morgan fingerprint density at radius 1 is 0.895 bits per heavy atom. The first-order valence-electron chi connectivity index (χ1n) is 13.7. The maximum Gasteiger partial charge on any atom is 0.201 e. The molecule has 2 unspecified atom stereocenters. The number of hydrogen-bond acceptors (Lipinski definition) is 2. The highest BCUT2D eigenvalue weighted by molar-refractivity contribution is 5.71. The van der Waals surface area contributed by atoms with Crippen molar-refractivity contribution in [1.29, 1.82) is 0 Å². The van der Waals surface area contributed by atoms with Gasteiger partial charge in [-0.25, -0.2) is 8.78 Å². The third kappa shape index (κ3) is 6.87. The Hall–Kier alpha value is -3.05. The molecule has 202 valence electrons. The number of ether oxygens (including phenoxy) is 2. The molecule has 0 bridgehead atoms. The molecule has 1 saturated heterocycles. The average Bonchev–Trinajstić information content (AvgIpc) is 2.94. The van der Waals surface area contributed by atoms with E-state index in [4.69, 9.17) is 9.47 Å². The minimum absolute atomic E-state index is 0.0739. The summed E-state index contributed by atoms with van der Waals surface area (Å²) in [4.78, 5) is 0. The molecular weight excluding hydrogens is 485 g/mol. The summed E-state index contributed by atoms with van der Waals surface area (Å²) in [6.45, 7) is 6.86. The lowest BCUT2D eigenvalue weighted by molar-refractivity contribution is -0.0200. The summed E-state index contributed by atoms with van der Waals surface area (Å²) in [6.07, 6.45) is 10.0. The van der Waals surface area contributed by atoms with Crippen LogP contribution < -0.4 is 4.74 Å². The van der Waals surface area contributed by atoms with Crippen molar-refractivity contribution in [2.45, 2.75) is 64.4 Å². The van der Waals surface area contributed by atoms with Crippen molar-refractivity contribution in [1.82, 2.24) is 0 Å². The molecule has 4 rings (SSSR count). The van der Waals surface area contributed by atoms with Gasteiger partial charge >= 0.3 is 0 Å². The van der Waals surface area contributed by atoms with Crippen LogP contribution in [-0.4, -0.2) is 13.2 Å². The van der Waals surface area contributed by atoms with Crippen molar-refractivity contribution < 1.29 is 22.6 Å². The maximum absolute atomic E-state index is 15.1. The first-order chi connectivity index (χ1) is 18.5. The second-order valence-electron chi connectivity index (χ2n) is 10.1. The summed E-state index contributed by atoms with van der Waals surface area (Å²) >= 11 is 0. The normalized spacial score (nSPS) is 17.4. The summed E-state index contributed by atoms with van der Waals surface area (Å²) in [5, 5.41) is 0. The Morgan fingerprint density at radius 3 is 2.29 bits per heavy atom. The topological polar surface area (TPSA) is 18.5 Å². The Kier molecular flexibility index (Phi) is 10.1. The third-order valence-electron chi connectivity index (χ3n) is 7.32. The Morgan fingerprint density at radius 2 is 1.63 bits per heavy atom. The minimum Gasteiger partial charge on any atom is -0.490 e. The first-order valence-corrected chi connectivity index (χ1v) is 13.7. The van der Waals surface area contributed by atoms with Gasteiger partial charge in [-0.3, -0.25) is 0 Å². The summed E-state index contributed by atoms with van der Waals surface area (Å²) in [5.41, 5.74) is 2.62. The van der Waals surface area contributed by atoms with Gasteiger partial charge in [-0.15, -0.1) is 6.58 Å². The smallest absolute Gasteiger partial charge is 0.201 e. The highest BCUT2D eigenvalue weighted by Gasteiger charge is 2.23. The van der Waals surface area contributed by atoms with Crippen molar-refractivity contribution in [3.05, 3.63) is 90.3 Å². The van der Waals surface area contributed by atoms with Gasteiger partial charge in [0.2, 0.25) is 5.82 Å². The fourth-order valence-electron chi connectivity index (χ4n) is 5.05. The minimum atomic E-state index is -1.01. The molecule has 0 saturated carbocycles. The largest absolute Gasteiger partial charge is 0.490 e. The molecule has 3 aromatic rings. The van der Waals surface area contributed by atoms with E-state index in [-0.39, 0.29) is 29.8 Å². The van der Waals surface area contributed by atoms with Crippen LogP contribution in [0.2, 0.25) is 0 Å². The predicted octanol–water partition coefficient (Wildman–Crippen LogP) is 9.83. The molecule has 0 aromatic heterocycles. The number of unbranched alkanes of at least 4 members (excludes halogenated alkanes) is 3. The second kappa shape index (κ2) is 13.7. The SMILES string of the molecule is C=CCCCOc1ccc(-c2ccc(-c3ccc(C4CCC(CCCCC)CO4)cc3F)cc2)c(F)c1F. The molecule has 3 aromatic carbocycles. The molecule has 2 atom stereocenters. The van der Waals surface area contributed by atoms with Crippen LogP contribution in [-0.2, 0) is 4.74 Å². The zero-order valence-corrected chi connectivity index (χ0v) is 22.2. The maximum atomic E-state index is 15.1. The number of halogens is 3. The van der Waals surface area contributed by atoms with Crippen LogP contribution in [0.4, 0.5) is 13.2 Å². The van der Waals surface area contributed by atoms with E-state index >= 15 is 4.39 Å². The molecule has 0 aliphatic carbocycles. The van der Waals surface area contributed by atoms with E-state index in [1.54, 1.807) is 42.5 Å². The summed E-state index contributed by atoms with van der Waals surface area (Å²) in [6, 6.07) is 15.0. The molecule has 5 heteroatoms. The van der Waals surface area contributed by atoms with Crippen LogP contribution in [0.1, 0.15) is 70.0 Å². The zero-order chi connectivity index (χ0) is 26.9. The van der Waals surface area contributed by atoms with E-state index in [2.05, 4.69) is 13.5 Å². The standard InChI is InChI=1S/C33H37F3O2/c1-3-5-7-9-23-10-18-30(38-22-23)26-15-16-27(29(34)21-26)24-11-13-25(14-12-24)28-17-19-31(33(36)32(28)35)37-20-8-6-4-2/h4,11-17,19,21,23,30H,2-3,5-10,18,20,22H2,1H3. The van der Waals surface area contributed by atoms with Gasteiger partial charge in [-0.05, 0) is 72.9 Å². The lowest BCUT2D eigenvalue weighted by atomic mass is 9.90. The summed E-state index contributed by atoms with van der Waals surface area (Å²) in [7, 11) is 0. The van der Waals surface area contributed by atoms with E-state index in [1.807, 2.05) is 6.07 Å². The van der Waals surface area contributed by atoms with Crippen molar-refractivity contribution >= 4 is 0 Å². The molecule has 1 heterocycles. The molecule has 1 fully saturated rings. The molecular formula is C33H37F3O2. The van der Waals surface area contributed by atoms with E-state index in [1.165, 1.54) is 37.8 Å². The van der Waals surface area contributed by atoms with Crippen molar-refractivity contribution in [2.24, 2.45) is 5.92 Å². The quantitative estimate of drug-likeness (QED) is 0.174. The van der Waals surface area contributed by atoms with Gasteiger partial charge in [0, 0.05) is 11.1 Å². The molecule has 2 nitrogen and oxygen atoms in total. The molecule has 0 amide bonds. The lowest BCUT2D eigenvalue weighted by Gasteiger charge is -2.29. The van der Waals surface area contributed by atoms with Gasteiger partial charge in [-0.2, -0.15) is 4.39 Å². The molecule has 0 spiro atoms. The van der Waals surface area contributed by atoms with Crippen LogP contribution in [0.3, 0.4) is 0 Å². The van der Waals surface area contributed by atoms with Gasteiger partial charge in [0.1, 0.15) is 5.82 Å². The Labute approximate surface area is 224 Å². The van der Waals surface area contributed by atoms with Crippen LogP contribution in [0.25, 0.3) is 22.3 Å². The van der Waals surface area contributed by atoms with Gasteiger partial charge in [0.15, 0.2) is 11.6 Å². The Bertz CT molecular complexity index is 1200. The van der Waals surface area contributed by atoms with Crippen molar-refractivity contribution in [2.75, 3.05) is 13.2 Å². The first kappa shape index (κ1) is 28.0. The van der Waals surface area contributed by atoms with E-state index in [0.29, 0.717) is 29.0 Å². The Balaban J connectivity index is 1.41. The van der Waals surface area contributed by atoms with E-state index in [9.17, 15) is 8.78 Å². The van der Waals surface area contributed by atoms with Crippen molar-refractivity contribution in [3.8, 4) is 28.0 Å². The number of benzene rings is 3. The van der Waals surface area contributed by atoms with Crippen LogP contribution in [0.5, 0.6) is 5.75 Å². The van der Waals surface area contributed by atoms with Crippen LogP contribution >= 0.6 is 0 Å². The second-order valence-corrected chi connectivity index (χ2v) is 10.1. The van der Waals surface area contributed by atoms with Crippen LogP contribution in [0, 0.1) is 23.4 Å².